The molecule has 1 aliphatic heterocycles. The summed E-state index contributed by atoms with van der Waals surface area (Å²) in [4.78, 5) is 101. The Morgan fingerprint density at radius 2 is 1.21 bits per heavy atom. The molecular formula is C59H100BFN7O15S. The number of aryl methyl sites for hydroxylation is 1. The fourth-order valence-corrected chi connectivity index (χ4v) is 8.43. The molecule has 3 atom stereocenters. The maximum Gasteiger partial charge on any atom is 0.488 e. The molecule has 22 nitrogen and oxygen atoms in total. The van der Waals surface area contributed by atoms with Crippen LogP contribution in [0.25, 0.3) is 0 Å². The van der Waals surface area contributed by atoms with Crippen molar-refractivity contribution >= 4 is 65.4 Å². The van der Waals surface area contributed by atoms with Crippen LogP contribution in [0.3, 0.4) is 0 Å². The number of carbonyl (C=O) groups excluding carboxylic acids is 6. The second kappa shape index (κ2) is 49.3. The number of carboxylic acids is 2. The van der Waals surface area contributed by atoms with Crippen molar-refractivity contribution in [3.63, 3.8) is 0 Å². The van der Waals surface area contributed by atoms with Gasteiger partial charge >= 0.3 is 30.1 Å². The van der Waals surface area contributed by atoms with E-state index in [4.69, 9.17) is 20.3 Å². The molecule has 0 saturated carbocycles. The van der Waals surface area contributed by atoms with Crippen molar-refractivity contribution in [2.75, 3.05) is 58.9 Å². The van der Waals surface area contributed by atoms with E-state index in [2.05, 4.69) is 65.0 Å². The normalized spacial score (nSPS) is 12.6. The monoisotopic (exact) mass is 1210 g/mol. The number of benzene rings is 2. The summed E-state index contributed by atoms with van der Waals surface area (Å²) in [5, 5.41) is 42.1. The molecule has 2 aromatic rings. The van der Waals surface area contributed by atoms with E-state index in [1.54, 1.807) is 36.1 Å². The number of likely N-dealkylation sites (tertiary alicyclic amines) is 1. The molecule has 25 heteroatoms. The van der Waals surface area contributed by atoms with Crippen LogP contribution in [-0.4, -0.2) is 169 Å². The third-order valence-corrected chi connectivity index (χ3v) is 13.4. The summed E-state index contributed by atoms with van der Waals surface area (Å²) in [6.07, 6.45) is 12.4. The van der Waals surface area contributed by atoms with Gasteiger partial charge in [0, 0.05) is 57.4 Å². The van der Waals surface area contributed by atoms with Gasteiger partial charge in [0.1, 0.15) is 23.6 Å². The van der Waals surface area contributed by atoms with Crippen molar-refractivity contribution in [1.82, 2.24) is 36.0 Å². The van der Waals surface area contributed by atoms with E-state index in [0.29, 0.717) is 87.5 Å². The molecule has 1 heterocycles. The summed E-state index contributed by atoms with van der Waals surface area (Å²) in [5.74, 6) is -1.88. The molecular weight excluding hydrogens is 1110 g/mol. The van der Waals surface area contributed by atoms with Crippen LogP contribution in [0.4, 0.5) is 3.89 Å². The van der Waals surface area contributed by atoms with Crippen LogP contribution in [0.2, 0.25) is 0 Å². The van der Waals surface area contributed by atoms with Crippen molar-refractivity contribution in [3.8, 4) is 5.75 Å². The van der Waals surface area contributed by atoms with Gasteiger partial charge in [0.25, 0.3) is 5.91 Å². The third-order valence-electron chi connectivity index (χ3n) is 13.0. The Kier molecular flexibility index (Phi) is 47.0. The number of amides is 5. The van der Waals surface area contributed by atoms with Gasteiger partial charge in [-0.1, -0.05) is 96.4 Å². The highest BCUT2D eigenvalue weighted by molar-refractivity contribution is 7.81. The molecule has 2 aromatic carbocycles. The zero-order chi connectivity index (χ0) is 63.9. The number of halogens is 1. The van der Waals surface area contributed by atoms with Crippen LogP contribution < -0.4 is 25.5 Å². The number of hydrogen-bond donors (Lipinski definition) is 8. The summed E-state index contributed by atoms with van der Waals surface area (Å²) < 4.78 is 38.4. The fourth-order valence-electron chi connectivity index (χ4n) is 8.08. The number of carboxylic acid groups (broad SMARTS) is 2. The van der Waals surface area contributed by atoms with Crippen LogP contribution >= 0.6 is 0 Å². The summed E-state index contributed by atoms with van der Waals surface area (Å²) in [6, 6.07) is 10.7. The molecule has 1 radical (unpaired) electrons. The Bertz CT molecular complexity index is 2270. The largest absolute Gasteiger partial charge is 0.488 e. The van der Waals surface area contributed by atoms with Gasteiger partial charge in [-0.15, -0.1) is 0 Å². The molecule has 3 unspecified atom stereocenters. The Morgan fingerprint density at radius 1 is 0.667 bits per heavy atom. The Balaban J connectivity index is 0. The highest BCUT2D eigenvalue weighted by Crippen LogP contribution is 2.17. The standard InChI is InChI=1S/C38H55FN6O8S.C11H23NO2.C5H10O2.C5H10O.BH2O2/c1-4-22-44(23-5-2)27-35(47)40-21-7-6-10-33(43-34(46)20-15-29-13-18-32(19-14-29)53-54(39,51)52)37(49)41-26-30-11-16-31(17-12-30)36(48)42-28(3)38(50)45-24-8-9-25-45;1-4-7-12(9-11(13)14)8-6-10(3)5-2;1-2-3-4-5(6)7;1-3-5(6)4-2;2-1-3/h11-14,16-19,28,33H,4-10,15,20-27H2,1-3H3,(H,40,47)(H,41,49)(H,42,48)(H,43,46);10H,4-9H2,1-3H3,(H,13,14);2-4H2,1H3,(H,6,7);3-4H2,1-2H3;2-3H. The lowest BCUT2D eigenvalue weighted by Gasteiger charge is -2.21. The minimum Gasteiger partial charge on any atom is -0.481 e. The van der Waals surface area contributed by atoms with E-state index in [9.17, 15) is 50.7 Å². The summed E-state index contributed by atoms with van der Waals surface area (Å²) >= 11 is 0. The first kappa shape index (κ1) is 80.1. The predicted molar refractivity (Wildman–Crippen MR) is 324 cm³/mol. The maximum atomic E-state index is 13.4. The first-order valence-corrected chi connectivity index (χ1v) is 30.9. The first-order chi connectivity index (χ1) is 39.9. The lowest BCUT2D eigenvalue weighted by atomic mass is 10.1. The summed E-state index contributed by atoms with van der Waals surface area (Å²) in [6.45, 7) is 24.0. The number of carbonyl (C=O) groups is 8. The molecule has 5 amide bonds. The Labute approximate surface area is 500 Å². The second-order valence-corrected chi connectivity index (χ2v) is 21.3. The molecule has 0 bridgehead atoms. The lowest BCUT2D eigenvalue weighted by Crippen LogP contribution is -2.46. The van der Waals surface area contributed by atoms with E-state index in [1.807, 2.05) is 25.7 Å². The van der Waals surface area contributed by atoms with E-state index < -0.39 is 40.4 Å². The highest BCUT2D eigenvalue weighted by Gasteiger charge is 2.25. The van der Waals surface area contributed by atoms with Gasteiger partial charge in [0.05, 0.1) is 13.1 Å². The molecule has 0 spiro atoms. The van der Waals surface area contributed by atoms with Crippen LogP contribution in [-0.2, 0) is 57.0 Å². The molecule has 8 N–H and O–H groups in total. The fraction of sp³-hybridized carbons (Fsp3) is 0.661. The SMILES string of the molecule is CCC(=O)CC.CCCCC(=O)O.CCCN(CCC(C)CC)CC(=O)O.CCCN(CCC)CC(=O)NCCCCC(NC(=O)CCc1ccc(OS(=O)(=O)F)cc1)C(=O)NCc1ccc(C(=O)NC(C)C(=O)N2CCCC2)cc1.O[B]O. The number of nitrogens with zero attached hydrogens (tertiary/aromatic N) is 3. The molecule has 0 aromatic heterocycles. The average molecular weight is 1210 g/mol. The van der Waals surface area contributed by atoms with Crippen LogP contribution in [0, 0.1) is 5.92 Å². The van der Waals surface area contributed by atoms with Gasteiger partial charge in [-0.3, -0.25) is 48.2 Å². The number of ketones is 1. The van der Waals surface area contributed by atoms with E-state index in [0.717, 1.165) is 83.1 Å². The van der Waals surface area contributed by atoms with Crippen molar-refractivity contribution in [3.05, 3.63) is 65.2 Å². The molecule has 1 aliphatic rings. The van der Waals surface area contributed by atoms with Crippen molar-refractivity contribution in [2.45, 2.75) is 190 Å². The second-order valence-electron chi connectivity index (χ2n) is 20.3. The van der Waals surface area contributed by atoms with Gasteiger partial charge in [-0.05, 0) is 145 Å². The average Bonchev–Trinajstić information content (AvgIpc) is 4.08. The van der Waals surface area contributed by atoms with Crippen molar-refractivity contribution < 1.29 is 75.1 Å². The molecule has 1 saturated heterocycles. The summed E-state index contributed by atoms with van der Waals surface area (Å²) in [7, 11) is -5.15. The number of nitrogens with one attached hydrogen (secondary N) is 4. The van der Waals surface area contributed by atoms with Crippen LogP contribution in [0.1, 0.15) is 187 Å². The van der Waals surface area contributed by atoms with Crippen molar-refractivity contribution in [1.29, 1.82) is 0 Å². The van der Waals surface area contributed by atoms with E-state index in [1.165, 1.54) is 30.7 Å². The lowest BCUT2D eigenvalue weighted by molar-refractivity contribution is -0.139. The zero-order valence-corrected chi connectivity index (χ0v) is 52.2. The van der Waals surface area contributed by atoms with Gasteiger partial charge in [0.2, 0.25) is 23.6 Å². The number of rotatable bonds is 36. The molecule has 477 valence electrons. The topological polar surface area (TPSA) is 319 Å². The zero-order valence-electron chi connectivity index (χ0n) is 51.4. The highest BCUT2D eigenvalue weighted by atomic mass is 32.3. The molecule has 1 fully saturated rings. The quantitative estimate of drug-likeness (QED) is 0.0204. The third kappa shape index (κ3) is 42.7. The number of hydrogen-bond acceptors (Lipinski definition) is 15. The minimum atomic E-state index is -5.15. The van der Waals surface area contributed by atoms with Gasteiger partial charge in [-0.2, -0.15) is 8.42 Å². The van der Waals surface area contributed by atoms with Crippen molar-refractivity contribution in [2.24, 2.45) is 5.92 Å². The Morgan fingerprint density at radius 3 is 1.68 bits per heavy atom. The van der Waals surface area contributed by atoms with E-state index in [-0.39, 0.29) is 63.0 Å². The summed E-state index contributed by atoms with van der Waals surface area (Å²) in [5.41, 5.74) is 1.77. The van der Waals surface area contributed by atoms with E-state index >= 15 is 0 Å². The van der Waals surface area contributed by atoms with Crippen LogP contribution in [0.5, 0.6) is 5.75 Å². The molecule has 0 aliphatic carbocycles. The number of unbranched alkanes of at least 4 members (excludes halogenated alkanes) is 2. The van der Waals surface area contributed by atoms with Crippen LogP contribution in [0.15, 0.2) is 48.5 Å². The maximum absolute atomic E-state index is 13.4. The first-order valence-electron chi connectivity index (χ1n) is 29.6. The van der Waals surface area contributed by atoms with Gasteiger partial charge < -0.3 is 50.6 Å². The van der Waals surface area contributed by atoms with Gasteiger partial charge in [0.15, 0.2) is 0 Å². The Hall–Kier alpha value is -6.02. The molecule has 3 rings (SSSR count). The predicted octanol–water partition coefficient (Wildman–Crippen LogP) is 6.52. The minimum absolute atomic E-state index is 0. The molecule has 84 heavy (non-hydrogen) atoms. The smallest absolute Gasteiger partial charge is 0.481 e. The van der Waals surface area contributed by atoms with Gasteiger partial charge in [-0.25, -0.2) is 0 Å². The number of aliphatic carboxylic acids is 2. The number of Topliss-reactive ketones (excluding diaryl/α,β-unsaturated/α-hetero) is 1.